The summed E-state index contributed by atoms with van der Waals surface area (Å²) in [5, 5.41) is 0. The number of amides is 1. The fourth-order valence-corrected chi connectivity index (χ4v) is 3.48. The van der Waals surface area contributed by atoms with Crippen molar-refractivity contribution in [3.63, 3.8) is 0 Å². The summed E-state index contributed by atoms with van der Waals surface area (Å²) in [4.78, 5) is 14.8. The first-order chi connectivity index (χ1) is 13.8. The molecule has 0 saturated heterocycles. The Labute approximate surface area is 180 Å². The van der Waals surface area contributed by atoms with Gasteiger partial charge in [0.05, 0.1) is 0 Å². The van der Waals surface area contributed by atoms with Crippen LogP contribution in [0.4, 0.5) is 4.79 Å². The maximum absolute atomic E-state index is 13.1. The topological polar surface area (TPSA) is 29.5 Å². The molecule has 0 bridgehead atoms. The van der Waals surface area contributed by atoms with Crippen molar-refractivity contribution in [2.75, 3.05) is 0 Å². The van der Waals surface area contributed by atoms with Gasteiger partial charge in [0.25, 0.3) is 0 Å². The monoisotopic (exact) mass is 423 g/mol. The van der Waals surface area contributed by atoms with E-state index in [0.717, 1.165) is 26.8 Å². The van der Waals surface area contributed by atoms with Gasteiger partial charge in [-0.15, -0.1) is 0 Å². The summed E-state index contributed by atoms with van der Waals surface area (Å²) in [6.07, 6.45) is -0.377. The second-order valence-corrected chi connectivity index (χ2v) is 8.37. The number of nitrogens with zero attached hydrogens (tertiary/aromatic N) is 1. The normalized spacial score (nSPS) is 11.0. The van der Waals surface area contributed by atoms with Gasteiger partial charge in [-0.05, 0) is 0 Å². The molecule has 3 aromatic rings. The minimum atomic E-state index is -0.578. The molecule has 0 aromatic heterocycles. The van der Waals surface area contributed by atoms with Crippen LogP contribution in [0.25, 0.3) is 11.1 Å². The van der Waals surface area contributed by atoms with Gasteiger partial charge in [0, 0.05) is 0 Å². The van der Waals surface area contributed by atoms with Crippen molar-refractivity contribution in [3.8, 4) is 11.1 Å². The zero-order valence-electron chi connectivity index (χ0n) is 17.0. The summed E-state index contributed by atoms with van der Waals surface area (Å²) in [5.74, 6) is 0. The summed E-state index contributed by atoms with van der Waals surface area (Å²) >= 11 is 3.13. The molecule has 0 spiro atoms. The van der Waals surface area contributed by atoms with E-state index in [2.05, 4.69) is 34.1 Å². The Morgan fingerprint density at radius 2 is 1.41 bits per heavy atom. The second-order valence-electron chi connectivity index (χ2n) is 7.77. The number of ether oxygens (including phenoxy) is 1. The van der Waals surface area contributed by atoms with E-state index in [4.69, 9.17) is 4.74 Å². The Hall–Kier alpha value is -2.67. The molecule has 3 rings (SSSR count). The molecule has 29 heavy (non-hydrogen) atoms. The van der Waals surface area contributed by atoms with Gasteiger partial charge in [-0.1, -0.05) is 0 Å². The van der Waals surface area contributed by atoms with Gasteiger partial charge in [-0.2, -0.15) is 0 Å². The van der Waals surface area contributed by atoms with Crippen molar-refractivity contribution in [1.82, 2.24) is 4.90 Å². The second kappa shape index (κ2) is 9.22. The first-order valence-electron chi connectivity index (χ1n) is 9.58. The molecule has 0 atom stereocenters. The van der Waals surface area contributed by atoms with Crippen LogP contribution < -0.4 is 0 Å². The number of hydrogen-bond acceptors (Lipinski definition) is 2. The number of carbonyl (C=O) groups excluding carboxylic acids is 1. The van der Waals surface area contributed by atoms with E-state index in [1.54, 1.807) is 4.90 Å². The Morgan fingerprint density at radius 3 is 2.03 bits per heavy atom. The minimum absolute atomic E-state index is 0.377. The average molecular weight is 423 g/mol. The van der Waals surface area contributed by atoms with Crippen LogP contribution in [-0.4, -0.2) is 21.1 Å². The summed E-state index contributed by atoms with van der Waals surface area (Å²) in [6, 6.07) is 28.2. The molecule has 0 aliphatic heterocycles. The van der Waals surface area contributed by atoms with E-state index in [9.17, 15) is 4.79 Å². The molecular formula is C25H25CrNO2. The zero-order chi connectivity index (χ0) is 20.9. The fraction of sp³-hybridized carbons (Fsp3) is 0.200. The maximum atomic E-state index is 13.1. The molecule has 0 unspecified atom stereocenters. The van der Waals surface area contributed by atoms with Crippen LogP contribution in [-0.2, 0) is 27.1 Å². The fourth-order valence-electron chi connectivity index (χ4n) is 2.99. The van der Waals surface area contributed by atoms with E-state index in [-0.39, 0.29) is 6.09 Å². The average Bonchev–Trinajstić information content (AvgIpc) is 2.71. The van der Waals surface area contributed by atoms with Crippen molar-refractivity contribution in [2.45, 2.75) is 32.9 Å². The van der Waals surface area contributed by atoms with Gasteiger partial charge in [0.1, 0.15) is 0 Å². The molecule has 4 heteroatoms. The Balaban J connectivity index is 2.00. The van der Waals surface area contributed by atoms with Gasteiger partial charge in [-0.25, -0.2) is 0 Å². The predicted molar refractivity (Wildman–Crippen MR) is 114 cm³/mol. The third-order valence-corrected chi connectivity index (χ3v) is 4.97. The van der Waals surface area contributed by atoms with E-state index < -0.39 is 5.60 Å². The van der Waals surface area contributed by atoms with Gasteiger partial charge in [-0.3, -0.25) is 0 Å². The summed E-state index contributed by atoms with van der Waals surface area (Å²) in [5.41, 5.74) is 3.57. The Kier molecular flexibility index (Phi) is 6.69. The Morgan fingerprint density at radius 1 is 0.862 bits per heavy atom. The molecule has 0 N–H and O–H groups in total. The summed E-state index contributed by atoms with van der Waals surface area (Å²) in [6.45, 7) is 6.05. The predicted octanol–water partition coefficient (Wildman–Crippen LogP) is 5.82. The van der Waals surface area contributed by atoms with Crippen LogP contribution in [0, 0.1) is 0 Å². The number of rotatable bonds is 5. The molecule has 0 fully saturated rings. The molecule has 1 amide bonds. The zero-order valence-corrected chi connectivity index (χ0v) is 18.2. The molecule has 3 nitrogen and oxygen atoms in total. The number of hydrogen-bond donors (Lipinski definition) is 0. The molecule has 0 heterocycles. The first kappa shape index (κ1) is 21.1. The van der Waals surface area contributed by atoms with E-state index in [0.29, 0.717) is 6.54 Å². The first-order valence-corrected chi connectivity index (χ1v) is 10.2. The van der Waals surface area contributed by atoms with Gasteiger partial charge < -0.3 is 0 Å². The van der Waals surface area contributed by atoms with Crippen LogP contribution in [0.2, 0.25) is 0 Å². The Bertz CT molecular complexity index is 978. The summed E-state index contributed by atoms with van der Waals surface area (Å²) < 4.78 is 6.44. The molecule has 0 aliphatic rings. The molecule has 3 aromatic carbocycles. The van der Waals surface area contributed by atoms with Gasteiger partial charge in [0.15, 0.2) is 0 Å². The van der Waals surface area contributed by atoms with Crippen molar-refractivity contribution in [2.24, 2.45) is 0 Å². The van der Waals surface area contributed by atoms with Crippen molar-refractivity contribution >= 4 is 10.6 Å². The van der Waals surface area contributed by atoms with Crippen LogP contribution in [0.5, 0.6) is 0 Å². The SMILES string of the molecule is CC(C)(C)OC(=O)N(Cc1ccccc1)[C](=[Cr])c1ccccc1-c1ccccc1. The van der Waals surface area contributed by atoms with Crippen LogP contribution in [0.15, 0.2) is 84.9 Å². The van der Waals surface area contributed by atoms with Crippen molar-refractivity contribution < 1.29 is 25.4 Å². The van der Waals surface area contributed by atoms with Crippen molar-refractivity contribution in [1.29, 1.82) is 0 Å². The molecule has 148 valence electrons. The van der Waals surface area contributed by atoms with E-state index in [1.165, 1.54) is 0 Å². The summed E-state index contributed by atoms with van der Waals surface area (Å²) in [7, 11) is 0. The van der Waals surface area contributed by atoms with E-state index >= 15 is 0 Å². The van der Waals surface area contributed by atoms with Gasteiger partial charge >= 0.3 is 181 Å². The third-order valence-electron chi connectivity index (χ3n) is 4.28. The van der Waals surface area contributed by atoms with Crippen LogP contribution >= 0.6 is 0 Å². The van der Waals surface area contributed by atoms with E-state index in [1.807, 2.05) is 87.5 Å². The number of benzene rings is 3. The number of carbonyl (C=O) groups is 1. The molecule has 0 saturated carbocycles. The molecule has 0 aliphatic carbocycles. The van der Waals surface area contributed by atoms with Crippen molar-refractivity contribution in [3.05, 3.63) is 96.1 Å². The molecular weight excluding hydrogens is 398 g/mol. The van der Waals surface area contributed by atoms with Crippen LogP contribution in [0.1, 0.15) is 31.9 Å². The standard InChI is InChI=1S/C25H25NO2.Cr/c1-25(2,3)28-24(27)26(18-20-12-6-4-7-13-20)19-22-16-10-11-17-23(22)21-14-8-5-9-15-21;/h4-17H,18H2,1-3H3;. The van der Waals surface area contributed by atoms with Crippen LogP contribution in [0.3, 0.4) is 0 Å². The molecule has 0 radical (unpaired) electrons. The van der Waals surface area contributed by atoms with Gasteiger partial charge in [0.2, 0.25) is 0 Å². The quantitative estimate of drug-likeness (QED) is 0.518. The third kappa shape index (κ3) is 5.67.